The molecule has 2 aromatic heterocycles. The van der Waals surface area contributed by atoms with Crippen LogP contribution < -0.4 is 5.32 Å². The van der Waals surface area contributed by atoms with Gasteiger partial charge in [-0.05, 0) is 52.6 Å². The van der Waals surface area contributed by atoms with E-state index in [1.807, 2.05) is 36.3 Å². The number of halogens is 2. The average molecular weight is 433 g/mol. The van der Waals surface area contributed by atoms with Crippen LogP contribution >= 0.6 is 31.9 Å². The minimum absolute atomic E-state index is 0.0124. The van der Waals surface area contributed by atoms with Crippen molar-refractivity contribution in [3.8, 4) is 0 Å². The zero-order chi connectivity index (χ0) is 16.3. The SMILES string of the molecule is CCn1cc(Br)c(CNC(=O)CCn2nc(C)c(Br)c2C)n1. The van der Waals surface area contributed by atoms with Gasteiger partial charge >= 0.3 is 0 Å². The maximum Gasteiger partial charge on any atom is 0.222 e. The second-order valence-electron chi connectivity index (χ2n) is 5.01. The maximum atomic E-state index is 12.0. The number of rotatable bonds is 6. The smallest absolute Gasteiger partial charge is 0.222 e. The van der Waals surface area contributed by atoms with Crippen molar-refractivity contribution in [2.24, 2.45) is 0 Å². The Kier molecular flexibility index (Phi) is 5.80. The number of carbonyl (C=O) groups is 1. The summed E-state index contributed by atoms with van der Waals surface area (Å²) < 4.78 is 5.60. The van der Waals surface area contributed by atoms with Crippen LogP contribution in [0.4, 0.5) is 0 Å². The summed E-state index contributed by atoms with van der Waals surface area (Å²) in [6, 6.07) is 0. The van der Waals surface area contributed by atoms with Crippen LogP contribution in [0.2, 0.25) is 0 Å². The standard InChI is InChI=1S/C14H19Br2N5O/c1-4-20-8-11(15)12(19-20)7-17-13(22)5-6-21-10(3)14(16)9(2)18-21/h8H,4-7H2,1-3H3,(H,17,22). The summed E-state index contributed by atoms with van der Waals surface area (Å²) in [7, 11) is 0. The van der Waals surface area contributed by atoms with Crippen molar-refractivity contribution >= 4 is 37.8 Å². The van der Waals surface area contributed by atoms with Gasteiger partial charge in [-0.2, -0.15) is 10.2 Å². The number of nitrogens with zero attached hydrogens (tertiary/aromatic N) is 4. The van der Waals surface area contributed by atoms with E-state index in [1.54, 1.807) is 0 Å². The molecule has 2 aromatic rings. The first-order chi connectivity index (χ1) is 10.4. The summed E-state index contributed by atoms with van der Waals surface area (Å²) in [6.07, 6.45) is 2.30. The van der Waals surface area contributed by atoms with Crippen molar-refractivity contribution in [3.63, 3.8) is 0 Å². The van der Waals surface area contributed by atoms with E-state index >= 15 is 0 Å². The molecular weight excluding hydrogens is 414 g/mol. The quantitative estimate of drug-likeness (QED) is 0.763. The third kappa shape index (κ3) is 3.98. The molecule has 0 aliphatic rings. The lowest BCUT2D eigenvalue weighted by Gasteiger charge is -2.06. The van der Waals surface area contributed by atoms with Crippen LogP contribution in [0.5, 0.6) is 0 Å². The number of carbonyl (C=O) groups excluding carboxylic acids is 1. The Balaban J connectivity index is 1.85. The Morgan fingerprint density at radius 3 is 2.59 bits per heavy atom. The minimum atomic E-state index is -0.0124. The summed E-state index contributed by atoms with van der Waals surface area (Å²) in [5.74, 6) is -0.0124. The molecule has 1 amide bonds. The summed E-state index contributed by atoms with van der Waals surface area (Å²) in [5.41, 5.74) is 2.81. The van der Waals surface area contributed by atoms with E-state index in [0.717, 1.165) is 32.6 Å². The normalized spacial score (nSPS) is 11.0. The molecule has 0 spiro atoms. The Morgan fingerprint density at radius 1 is 1.32 bits per heavy atom. The van der Waals surface area contributed by atoms with Crippen molar-refractivity contribution in [2.75, 3.05) is 0 Å². The first-order valence-electron chi connectivity index (χ1n) is 7.10. The number of aromatic nitrogens is 4. The largest absolute Gasteiger partial charge is 0.350 e. The third-order valence-corrected chi connectivity index (χ3v) is 5.22. The second kappa shape index (κ2) is 7.41. The van der Waals surface area contributed by atoms with Crippen LogP contribution in [0.1, 0.15) is 30.4 Å². The monoisotopic (exact) mass is 431 g/mol. The highest BCUT2D eigenvalue weighted by Gasteiger charge is 2.11. The van der Waals surface area contributed by atoms with Gasteiger partial charge in [0.1, 0.15) is 0 Å². The van der Waals surface area contributed by atoms with Crippen LogP contribution in [-0.2, 0) is 24.4 Å². The maximum absolute atomic E-state index is 12.0. The molecule has 2 heterocycles. The van der Waals surface area contributed by atoms with E-state index in [1.165, 1.54) is 0 Å². The summed E-state index contributed by atoms with van der Waals surface area (Å²) in [5, 5.41) is 11.7. The lowest BCUT2D eigenvalue weighted by Crippen LogP contribution is -2.24. The van der Waals surface area contributed by atoms with Gasteiger partial charge in [0.15, 0.2) is 0 Å². The fraction of sp³-hybridized carbons (Fsp3) is 0.500. The lowest BCUT2D eigenvalue weighted by atomic mass is 10.3. The van der Waals surface area contributed by atoms with Gasteiger partial charge in [0.2, 0.25) is 5.91 Å². The van der Waals surface area contributed by atoms with E-state index in [0.29, 0.717) is 19.5 Å². The number of aryl methyl sites for hydroxylation is 3. The van der Waals surface area contributed by atoms with Crippen LogP contribution in [-0.4, -0.2) is 25.5 Å². The average Bonchev–Trinajstić information content (AvgIpc) is 2.98. The van der Waals surface area contributed by atoms with E-state index in [4.69, 9.17) is 0 Å². The fourth-order valence-corrected chi connectivity index (χ4v) is 2.83. The molecule has 22 heavy (non-hydrogen) atoms. The molecule has 0 bridgehead atoms. The van der Waals surface area contributed by atoms with Gasteiger partial charge in [-0.25, -0.2) is 0 Å². The second-order valence-corrected chi connectivity index (χ2v) is 6.66. The topological polar surface area (TPSA) is 64.7 Å². The van der Waals surface area contributed by atoms with Crippen LogP contribution in [0.25, 0.3) is 0 Å². The van der Waals surface area contributed by atoms with Gasteiger partial charge in [-0.15, -0.1) is 0 Å². The first-order valence-corrected chi connectivity index (χ1v) is 8.69. The van der Waals surface area contributed by atoms with Gasteiger partial charge in [-0.3, -0.25) is 14.2 Å². The summed E-state index contributed by atoms with van der Waals surface area (Å²) >= 11 is 6.94. The molecule has 120 valence electrons. The molecule has 1 N–H and O–H groups in total. The van der Waals surface area contributed by atoms with Crippen molar-refractivity contribution in [1.82, 2.24) is 24.9 Å². The van der Waals surface area contributed by atoms with Gasteiger partial charge in [0, 0.05) is 24.9 Å². The molecule has 0 saturated heterocycles. The number of hydrogen-bond acceptors (Lipinski definition) is 3. The predicted octanol–water partition coefficient (Wildman–Crippen LogP) is 2.95. The number of hydrogen-bond donors (Lipinski definition) is 1. The van der Waals surface area contributed by atoms with Crippen molar-refractivity contribution in [3.05, 3.63) is 32.2 Å². The van der Waals surface area contributed by atoms with Crippen molar-refractivity contribution in [2.45, 2.75) is 46.8 Å². The summed E-state index contributed by atoms with van der Waals surface area (Å²) in [6.45, 7) is 7.74. The predicted molar refractivity (Wildman–Crippen MR) is 91.5 cm³/mol. The van der Waals surface area contributed by atoms with Gasteiger partial charge in [0.05, 0.1) is 33.4 Å². The molecule has 0 atom stereocenters. The zero-order valence-electron chi connectivity index (χ0n) is 12.9. The molecule has 8 heteroatoms. The molecular formula is C14H19Br2N5O. The van der Waals surface area contributed by atoms with E-state index in [2.05, 4.69) is 47.4 Å². The minimum Gasteiger partial charge on any atom is -0.350 e. The van der Waals surface area contributed by atoms with Crippen molar-refractivity contribution in [1.29, 1.82) is 0 Å². The molecule has 2 rings (SSSR count). The first kappa shape index (κ1) is 17.2. The number of nitrogens with one attached hydrogen (secondary N) is 1. The number of amides is 1. The van der Waals surface area contributed by atoms with Gasteiger partial charge < -0.3 is 5.32 Å². The van der Waals surface area contributed by atoms with Gasteiger partial charge in [0.25, 0.3) is 0 Å². The molecule has 6 nitrogen and oxygen atoms in total. The van der Waals surface area contributed by atoms with Gasteiger partial charge in [-0.1, -0.05) is 0 Å². The molecule has 0 saturated carbocycles. The molecule has 0 unspecified atom stereocenters. The highest BCUT2D eigenvalue weighted by atomic mass is 79.9. The summed E-state index contributed by atoms with van der Waals surface area (Å²) in [4.78, 5) is 12.0. The highest BCUT2D eigenvalue weighted by Crippen LogP contribution is 2.19. The molecule has 0 aliphatic carbocycles. The van der Waals surface area contributed by atoms with E-state index in [9.17, 15) is 4.79 Å². The Bertz CT molecular complexity index is 677. The van der Waals surface area contributed by atoms with Crippen molar-refractivity contribution < 1.29 is 4.79 Å². The fourth-order valence-electron chi connectivity index (χ4n) is 2.09. The zero-order valence-corrected chi connectivity index (χ0v) is 16.0. The Hall–Kier alpha value is -1.15. The van der Waals surface area contributed by atoms with Crippen LogP contribution in [0.3, 0.4) is 0 Å². The molecule has 0 aromatic carbocycles. The van der Waals surface area contributed by atoms with E-state index in [-0.39, 0.29) is 5.91 Å². The van der Waals surface area contributed by atoms with Crippen LogP contribution in [0.15, 0.2) is 15.1 Å². The Morgan fingerprint density at radius 2 is 2.05 bits per heavy atom. The lowest BCUT2D eigenvalue weighted by molar-refractivity contribution is -0.121. The van der Waals surface area contributed by atoms with E-state index < -0.39 is 0 Å². The Labute approximate surface area is 146 Å². The third-order valence-electron chi connectivity index (χ3n) is 3.41. The molecule has 0 radical (unpaired) electrons. The molecule has 0 fully saturated rings. The highest BCUT2D eigenvalue weighted by molar-refractivity contribution is 9.10. The van der Waals surface area contributed by atoms with Crippen LogP contribution in [0, 0.1) is 13.8 Å². The molecule has 0 aliphatic heterocycles.